The lowest BCUT2D eigenvalue weighted by Crippen LogP contribution is -2.36. The molecular formula is C51H57ClN8O8S2. The molecule has 70 heavy (non-hydrogen) atoms. The van der Waals surface area contributed by atoms with Crippen molar-refractivity contribution in [3.05, 3.63) is 132 Å². The maximum absolute atomic E-state index is 13.5. The zero-order chi connectivity index (χ0) is 48.3. The second-order valence-electron chi connectivity index (χ2n) is 18.3. The first kappa shape index (κ1) is 50.4. The zero-order valence-corrected chi connectivity index (χ0v) is 41.5. The molecule has 6 aromatic carbocycles. The number of sulfone groups is 2. The average molecular weight is 1010 g/mol. The number of nitrogens with two attached hydrogens (primary N) is 1. The van der Waals surface area contributed by atoms with Gasteiger partial charge < -0.3 is 35.5 Å². The Morgan fingerprint density at radius 3 is 1.84 bits per heavy atom. The van der Waals surface area contributed by atoms with Crippen LogP contribution in [0.2, 0.25) is 0 Å². The molecule has 0 spiro atoms. The summed E-state index contributed by atoms with van der Waals surface area (Å²) < 4.78 is 70.1. The molecule has 3 aliphatic rings. The molecule has 6 N–H and O–H groups in total. The lowest BCUT2D eigenvalue weighted by Gasteiger charge is -2.24. The zero-order valence-electron chi connectivity index (χ0n) is 39.1. The summed E-state index contributed by atoms with van der Waals surface area (Å²) in [5, 5.41) is 25.3. The Morgan fingerprint density at radius 1 is 0.743 bits per heavy atom. The number of aromatic amines is 2. The number of rotatable bonds is 8. The SMILES string of the molecule is CC(C)(C)OC(=O)N1CC[C@H](N)C1.Cl.O=S(=O)(c1cccc2ccccc12)c1[nH]nc2ccc(C3OCCO3)cc12.O=S(=O)(c1cccc2ccccc12)c1[nH]nc2ccc(CN[C@H]3CCNC3)cc12. The third kappa shape index (κ3) is 11.0. The van der Waals surface area contributed by atoms with E-state index in [1.54, 1.807) is 41.3 Å². The number of fused-ring (bicyclic) bond motifs is 4. The summed E-state index contributed by atoms with van der Waals surface area (Å²) >= 11 is 0. The van der Waals surface area contributed by atoms with E-state index < -0.39 is 31.6 Å². The van der Waals surface area contributed by atoms with Gasteiger partial charge in [-0.1, -0.05) is 84.9 Å². The van der Waals surface area contributed by atoms with Crippen molar-refractivity contribution >= 4 is 81.5 Å². The van der Waals surface area contributed by atoms with Gasteiger partial charge in [0.15, 0.2) is 16.3 Å². The maximum atomic E-state index is 13.5. The van der Waals surface area contributed by atoms with Gasteiger partial charge in [-0.25, -0.2) is 21.6 Å². The number of H-pyrrole nitrogens is 2. The van der Waals surface area contributed by atoms with Crippen molar-refractivity contribution in [3.8, 4) is 0 Å². The summed E-state index contributed by atoms with van der Waals surface area (Å²) in [5.41, 5.74) is 8.31. The van der Waals surface area contributed by atoms with Crippen molar-refractivity contribution in [2.75, 3.05) is 39.4 Å². The number of carbonyl (C=O) groups excluding carboxylic acids is 1. The van der Waals surface area contributed by atoms with Crippen LogP contribution in [0.1, 0.15) is 51.0 Å². The monoisotopic (exact) mass is 1010 g/mol. The molecular weight excluding hydrogens is 952 g/mol. The van der Waals surface area contributed by atoms with Crippen LogP contribution < -0.4 is 16.4 Å². The molecule has 19 heteroatoms. The van der Waals surface area contributed by atoms with E-state index in [1.807, 2.05) is 106 Å². The third-order valence-corrected chi connectivity index (χ3v) is 15.7. The topological polar surface area (TPSA) is 224 Å². The lowest BCUT2D eigenvalue weighted by molar-refractivity contribution is -0.0440. The number of benzene rings is 6. The quantitative estimate of drug-likeness (QED) is 0.0976. The van der Waals surface area contributed by atoms with Crippen molar-refractivity contribution in [2.24, 2.45) is 5.73 Å². The highest BCUT2D eigenvalue weighted by Gasteiger charge is 2.29. The van der Waals surface area contributed by atoms with Gasteiger partial charge in [0.05, 0.1) is 34.0 Å². The number of hydrogen-bond acceptors (Lipinski definition) is 13. The summed E-state index contributed by atoms with van der Waals surface area (Å²) in [6, 6.07) is 37.3. The number of amides is 1. The van der Waals surface area contributed by atoms with Gasteiger partial charge in [-0.2, -0.15) is 10.2 Å². The third-order valence-electron chi connectivity index (χ3n) is 12.2. The Labute approximate surface area is 412 Å². The van der Waals surface area contributed by atoms with Crippen molar-refractivity contribution in [1.82, 2.24) is 35.9 Å². The number of hydrogen-bond donors (Lipinski definition) is 5. The van der Waals surface area contributed by atoms with Gasteiger partial charge in [-0.05, 0) is 92.9 Å². The van der Waals surface area contributed by atoms with Crippen LogP contribution in [0.15, 0.2) is 141 Å². The van der Waals surface area contributed by atoms with Crippen LogP contribution in [0.4, 0.5) is 4.79 Å². The predicted molar refractivity (Wildman–Crippen MR) is 271 cm³/mol. The minimum atomic E-state index is -3.79. The highest BCUT2D eigenvalue weighted by atomic mass is 35.5. The number of likely N-dealkylation sites (tertiary alicyclic amines) is 1. The van der Waals surface area contributed by atoms with E-state index in [0.29, 0.717) is 69.8 Å². The second-order valence-corrected chi connectivity index (χ2v) is 22.0. The second kappa shape index (κ2) is 21.2. The summed E-state index contributed by atoms with van der Waals surface area (Å²) in [5.74, 6) is 0. The first-order valence-electron chi connectivity index (χ1n) is 23.0. The molecule has 0 bridgehead atoms. The van der Waals surface area contributed by atoms with Gasteiger partial charge in [0.2, 0.25) is 19.7 Å². The fourth-order valence-electron chi connectivity index (χ4n) is 8.71. The van der Waals surface area contributed by atoms with E-state index in [1.165, 1.54) is 0 Å². The Hall–Kier alpha value is -5.96. The number of nitrogens with zero attached hydrogens (tertiary/aromatic N) is 3. The Balaban J connectivity index is 0.000000150. The molecule has 5 heterocycles. The molecule has 16 nitrogen and oxygen atoms in total. The fraction of sp³-hybridized carbons (Fsp3) is 0.314. The van der Waals surface area contributed by atoms with E-state index >= 15 is 0 Å². The first-order chi connectivity index (χ1) is 33.2. The standard InChI is InChI=1S/C22H22N4O2S.C20H16N2O4S.C9H18N2O2.ClH/c27-29(28,21-7-3-5-16-4-1-2-6-18(16)21)22-19-12-15(8-9-20(19)25-26-22)13-24-17-10-11-23-14-17;23-27(24,18-7-3-5-13-4-1-2-6-15(13)18)19-16-12-14(20-25-10-11-26-20)8-9-17(16)21-22-19;1-9(2,3)13-8(12)11-5-4-7(10)6-11;/h1-9,12,17,23-24H,10-11,13-14H2,(H,25,26);1-9,12,20H,10-11H2,(H,21,22);7H,4-6,10H2,1-3H3;1H/t17-;;7-;/m0.0./s1. The minimum Gasteiger partial charge on any atom is -0.444 e. The molecule has 3 aliphatic heterocycles. The number of carbonyl (C=O) groups is 1. The molecule has 0 saturated carbocycles. The summed E-state index contributed by atoms with van der Waals surface area (Å²) in [6.07, 6.45) is 1.26. The van der Waals surface area contributed by atoms with Crippen LogP contribution in [0.3, 0.4) is 0 Å². The normalized spacial score (nSPS) is 17.6. The highest BCUT2D eigenvalue weighted by molar-refractivity contribution is 7.92. The molecule has 2 aromatic heterocycles. The minimum absolute atomic E-state index is 0. The van der Waals surface area contributed by atoms with E-state index in [2.05, 4.69) is 31.0 Å². The molecule has 3 fully saturated rings. The molecule has 0 radical (unpaired) electrons. The van der Waals surface area contributed by atoms with E-state index in [0.717, 1.165) is 54.4 Å². The van der Waals surface area contributed by atoms with Crippen LogP contribution in [0.5, 0.6) is 0 Å². The van der Waals surface area contributed by atoms with Crippen LogP contribution in [0.25, 0.3) is 43.4 Å². The summed E-state index contributed by atoms with van der Waals surface area (Å²) in [7, 11) is -7.53. The Bertz CT molecular complexity index is 3360. The number of nitrogens with one attached hydrogen (secondary N) is 4. The van der Waals surface area contributed by atoms with Gasteiger partial charge in [0.25, 0.3) is 0 Å². The largest absolute Gasteiger partial charge is 0.444 e. The predicted octanol–water partition coefficient (Wildman–Crippen LogP) is 7.97. The number of halogens is 1. The van der Waals surface area contributed by atoms with Gasteiger partial charge >= 0.3 is 6.09 Å². The molecule has 368 valence electrons. The Morgan fingerprint density at radius 2 is 1.30 bits per heavy atom. The number of ether oxygens (including phenoxy) is 3. The average Bonchev–Trinajstić information content (AvgIpc) is 4.21. The van der Waals surface area contributed by atoms with Crippen molar-refractivity contribution < 1.29 is 35.8 Å². The molecule has 0 aliphatic carbocycles. The van der Waals surface area contributed by atoms with Crippen molar-refractivity contribution in [1.29, 1.82) is 0 Å². The van der Waals surface area contributed by atoms with E-state index in [4.69, 9.17) is 19.9 Å². The van der Waals surface area contributed by atoms with Crippen LogP contribution in [-0.2, 0) is 40.4 Å². The van der Waals surface area contributed by atoms with Crippen LogP contribution >= 0.6 is 12.4 Å². The Kier molecular flexibility index (Phi) is 15.3. The maximum Gasteiger partial charge on any atom is 0.410 e. The lowest BCUT2D eigenvalue weighted by atomic mass is 10.1. The van der Waals surface area contributed by atoms with Crippen molar-refractivity contribution in [3.63, 3.8) is 0 Å². The van der Waals surface area contributed by atoms with Gasteiger partial charge in [0, 0.05) is 65.4 Å². The van der Waals surface area contributed by atoms with E-state index in [9.17, 15) is 21.6 Å². The summed E-state index contributed by atoms with van der Waals surface area (Å²) in [6.45, 7) is 10.7. The van der Waals surface area contributed by atoms with E-state index in [-0.39, 0.29) is 39.5 Å². The first-order valence-corrected chi connectivity index (χ1v) is 25.9. The van der Waals surface area contributed by atoms with Crippen molar-refractivity contribution in [2.45, 2.75) is 84.0 Å². The molecule has 1 amide bonds. The van der Waals surface area contributed by atoms with Crippen LogP contribution in [-0.4, -0.2) is 105 Å². The molecule has 2 atom stereocenters. The molecule has 0 unspecified atom stereocenters. The number of aromatic nitrogens is 4. The van der Waals surface area contributed by atoms with Crippen LogP contribution in [0, 0.1) is 0 Å². The smallest absolute Gasteiger partial charge is 0.410 e. The summed E-state index contributed by atoms with van der Waals surface area (Å²) in [4.78, 5) is 13.7. The fourth-order valence-corrected chi connectivity index (χ4v) is 11.8. The molecule has 3 saturated heterocycles. The van der Waals surface area contributed by atoms with Gasteiger partial charge in [-0.3, -0.25) is 10.2 Å². The highest BCUT2D eigenvalue weighted by Crippen LogP contribution is 2.34. The van der Waals surface area contributed by atoms with Gasteiger partial charge in [-0.15, -0.1) is 12.4 Å². The van der Waals surface area contributed by atoms with Gasteiger partial charge in [0.1, 0.15) is 5.60 Å². The molecule has 11 rings (SSSR count). The molecule has 8 aromatic rings.